The number of hydrogen-bond donors (Lipinski definition) is 2. The summed E-state index contributed by atoms with van der Waals surface area (Å²) in [6, 6.07) is 0.250. The van der Waals surface area contributed by atoms with Gasteiger partial charge in [-0.2, -0.15) is 0 Å². The van der Waals surface area contributed by atoms with Crippen molar-refractivity contribution in [1.82, 2.24) is 0 Å². The maximum Gasteiger partial charge on any atom is 0.0105 e. The minimum atomic E-state index is 0.250. The highest BCUT2D eigenvalue weighted by Crippen LogP contribution is 2.17. The fourth-order valence-corrected chi connectivity index (χ4v) is 1.37. The molecule has 0 rings (SSSR count). The molecule has 2 nitrogen and oxygen atoms in total. The van der Waals surface area contributed by atoms with E-state index in [1.807, 2.05) is 0 Å². The molecule has 11 heavy (non-hydrogen) atoms. The van der Waals surface area contributed by atoms with E-state index in [4.69, 9.17) is 11.5 Å². The Morgan fingerprint density at radius 3 is 1.55 bits per heavy atom. The van der Waals surface area contributed by atoms with Crippen LogP contribution in [0, 0.1) is 17.8 Å². The molecule has 0 aliphatic rings. The summed E-state index contributed by atoms with van der Waals surface area (Å²) in [7, 11) is 0. The fourth-order valence-electron chi connectivity index (χ4n) is 1.37. The first-order chi connectivity index (χ1) is 5.00. The van der Waals surface area contributed by atoms with Crippen LogP contribution in [0.1, 0.15) is 27.7 Å². The smallest absolute Gasteiger partial charge is 0.0105 e. The SMILES string of the molecule is CC(C)C(N)C(CN)C(C)C. The van der Waals surface area contributed by atoms with Gasteiger partial charge >= 0.3 is 0 Å². The van der Waals surface area contributed by atoms with E-state index in [-0.39, 0.29) is 6.04 Å². The number of rotatable bonds is 4. The van der Waals surface area contributed by atoms with Crippen LogP contribution in [0.5, 0.6) is 0 Å². The Balaban J connectivity index is 4.02. The third kappa shape index (κ3) is 3.21. The lowest BCUT2D eigenvalue weighted by Gasteiger charge is -2.28. The number of hydrogen-bond acceptors (Lipinski definition) is 2. The van der Waals surface area contributed by atoms with Crippen LogP contribution in [0.2, 0.25) is 0 Å². The first-order valence-corrected chi connectivity index (χ1v) is 4.46. The Bertz CT molecular complexity index is 99.7. The maximum absolute atomic E-state index is 5.99. The van der Waals surface area contributed by atoms with Crippen LogP contribution in [-0.2, 0) is 0 Å². The van der Waals surface area contributed by atoms with Crippen LogP contribution in [0.3, 0.4) is 0 Å². The van der Waals surface area contributed by atoms with Crippen molar-refractivity contribution in [2.75, 3.05) is 6.54 Å². The Labute approximate surface area is 70.3 Å². The molecule has 2 heteroatoms. The molecule has 4 N–H and O–H groups in total. The molecule has 0 aromatic carbocycles. The molecule has 2 unspecified atom stereocenters. The van der Waals surface area contributed by atoms with E-state index in [1.165, 1.54) is 0 Å². The highest BCUT2D eigenvalue weighted by molar-refractivity contribution is 4.78. The van der Waals surface area contributed by atoms with Crippen molar-refractivity contribution in [2.45, 2.75) is 33.7 Å². The van der Waals surface area contributed by atoms with Crippen molar-refractivity contribution >= 4 is 0 Å². The average molecular weight is 158 g/mol. The summed E-state index contributed by atoms with van der Waals surface area (Å²) < 4.78 is 0. The standard InChI is InChI=1S/C9H22N2/c1-6(2)8(5-10)9(11)7(3)4/h6-9H,5,10-11H2,1-4H3. The highest BCUT2D eigenvalue weighted by atomic mass is 14.7. The molecule has 68 valence electrons. The van der Waals surface area contributed by atoms with E-state index in [2.05, 4.69) is 27.7 Å². The van der Waals surface area contributed by atoms with Gasteiger partial charge in [0.1, 0.15) is 0 Å². The summed E-state index contributed by atoms with van der Waals surface area (Å²) in [5.74, 6) is 1.60. The summed E-state index contributed by atoms with van der Waals surface area (Å²) in [5, 5.41) is 0. The quantitative estimate of drug-likeness (QED) is 0.646. The van der Waals surface area contributed by atoms with Crippen LogP contribution in [0.15, 0.2) is 0 Å². The van der Waals surface area contributed by atoms with Crippen molar-refractivity contribution in [3.8, 4) is 0 Å². The Morgan fingerprint density at radius 2 is 1.45 bits per heavy atom. The topological polar surface area (TPSA) is 52.0 Å². The van der Waals surface area contributed by atoms with Crippen molar-refractivity contribution in [2.24, 2.45) is 29.2 Å². The largest absolute Gasteiger partial charge is 0.330 e. The van der Waals surface area contributed by atoms with Gasteiger partial charge in [-0.3, -0.25) is 0 Å². The Hall–Kier alpha value is -0.0800. The van der Waals surface area contributed by atoms with Gasteiger partial charge in [-0.15, -0.1) is 0 Å². The van der Waals surface area contributed by atoms with Gasteiger partial charge in [-0.05, 0) is 24.3 Å². The molecular weight excluding hydrogens is 136 g/mol. The molecule has 2 atom stereocenters. The molecule has 0 aromatic heterocycles. The molecule has 0 fully saturated rings. The molecule has 0 aromatic rings. The van der Waals surface area contributed by atoms with Crippen LogP contribution in [-0.4, -0.2) is 12.6 Å². The minimum Gasteiger partial charge on any atom is -0.330 e. The lowest BCUT2D eigenvalue weighted by atomic mass is 9.83. The van der Waals surface area contributed by atoms with Crippen LogP contribution in [0.4, 0.5) is 0 Å². The van der Waals surface area contributed by atoms with Crippen molar-refractivity contribution in [3.05, 3.63) is 0 Å². The van der Waals surface area contributed by atoms with Crippen molar-refractivity contribution in [1.29, 1.82) is 0 Å². The van der Waals surface area contributed by atoms with Gasteiger partial charge in [0.15, 0.2) is 0 Å². The van der Waals surface area contributed by atoms with Gasteiger partial charge in [0.05, 0.1) is 0 Å². The second-order valence-corrected chi connectivity index (χ2v) is 3.96. The Morgan fingerprint density at radius 1 is 1.00 bits per heavy atom. The zero-order valence-electron chi connectivity index (χ0n) is 8.17. The summed E-state index contributed by atoms with van der Waals surface area (Å²) >= 11 is 0. The summed E-state index contributed by atoms with van der Waals surface area (Å²) in [6.07, 6.45) is 0. The van der Waals surface area contributed by atoms with E-state index >= 15 is 0 Å². The minimum absolute atomic E-state index is 0.250. The molecule has 0 bridgehead atoms. The molecule has 0 saturated carbocycles. The van der Waals surface area contributed by atoms with Crippen molar-refractivity contribution < 1.29 is 0 Å². The van der Waals surface area contributed by atoms with Gasteiger partial charge in [-0.1, -0.05) is 27.7 Å². The van der Waals surface area contributed by atoms with E-state index in [1.54, 1.807) is 0 Å². The first kappa shape index (κ1) is 10.9. The third-order valence-electron chi connectivity index (χ3n) is 2.39. The van der Waals surface area contributed by atoms with Gasteiger partial charge in [0.25, 0.3) is 0 Å². The summed E-state index contributed by atoms with van der Waals surface area (Å²) in [5.41, 5.74) is 11.6. The fraction of sp³-hybridized carbons (Fsp3) is 1.00. The van der Waals surface area contributed by atoms with Gasteiger partial charge < -0.3 is 11.5 Å². The van der Waals surface area contributed by atoms with E-state index in [0.717, 1.165) is 0 Å². The lowest BCUT2D eigenvalue weighted by Crippen LogP contribution is -2.41. The average Bonchev–Trinajstić information content (AvgIpc) is 1.88. The normalized spacial score (nSPS) is 17.5. The van der Waals surface area contributed by atoms with E-state index < -0.39 is 0 Å². The Kier molecular flexibility index (Phi) is 4.69. The summed E-state index contributed by atoms with van der Waals surface area (Å²) in [6.45, 7) is 9.36. The molecule has 0 saturated heterocycles. The number of nitrogens with two attached hydrogens (primary N) is 2. The highest BCUT2D eigenvalue weighted by Gasteiger charge is 2.21. The summed E-state index contributed by atoms with van der Waals surface area (Å²) in [4.78, 5) is 0. The van der Waals surface area contributed by atoms with Gasteiger partial charge in [0, 0.05) is 6.04 Å². The maximum atomic E-state index is 5.99. The third-order valence-corrected chi connectivity index (χ3v) is 2.39. The van der Waals surface area contributed by atoms with Crippen LogP contribution >= 0.6 is 0 Å². The second kappa shape index (κ2) is 4.73. The van der Waals surface area contributed by atoms with Crippen LogP contribution < -0.4 is 11.5 Å². The van der Waals surface area contributed by atoms with Gasteiger partial charge in [0.2, 0.25) is 0 Å². The molecule has 0 aliphatic heterocycles. The molecule has 0 heterocycles. The second-order valence-electron chi connectivity index (χ2n) is 3.96. The lowest BCUT2D eigenvalue weighted by molar-refractivity contribution is 0.275. The molecule has 0 radical (unpaired) electrons. The van der Waals surface area contributed by atoms with Crippen molar-refractivity contribution in [3.63, 3.8) is 0 Å². The first-order valence-electron chi connectivity index (χ1n) is 4.46. The van der Waals surface area contributed by atoms with Crippen LogP contribution in [0.25, 0.3) is 0 Å². The zero-order chi connectivity index (χ0) is 9.02. The van der Waals surface area contributed by atoms with E-state index in [9.17, 15) is 0 Å². The molecular formula is C9H22N2. The molecule has 0 aliphatic carbocycles. The predicted molar refractivity (Wildman–Crippen MR) is 50.2 cm³/mol. The van der Waals surface area contributed by atoms with E-state index in [0.29, 0.717) is 24.3 Å². The van der Waals surface area contributed by atoms with Gasteiger partial charge in [-0.25, -0.2) is 0 Å². The molecule has 0 amide bonds. The zero-order valence-corrected chi connectivity index (χ0v) is 8.17. The molecule has 0 spiro atoms. The monoisotopic (exact) mass is 158 g/mol. The predicted octanol–water partition coefficient (Wildman–Crippen LogP) is 1.20.